The van der Waals surface area contributed by atoms with Crippen LogP contribution in [0, 0.1) is 0 Å². The number of carbonyl (C=O) groups excluding carboxylic acids is 1. The Morgan fingerprint density at radius 1 is 1.44 bits per heavy atom. The molecule has 2 fully saturated rings. The molecule has 2 N–H and O–H groups in total. The maximum absolute atomic E-state index is 11.8. The molecular formula is C12H22N2O2. The van der Waals surface area contributed by atoms with Gasteiger partial charge in [0.05, 0.1) is 5.54 Å². The van der Waals surface area contributed by atoms with Crippen LogP contribution in [-0.4, -0.2) is 35.7 Å². The molecule has 0 bridgehead atoms. The molecule has 0 spiro atoms. The number of nitrogens with zero attached hydrogens (tertiary/aromatic N) is 1. The first-order valence-corrected chi connectivity index (χ1v) is 6.33. The molecule has 2 aliphatic rings. The standard InChI is InChI=1S/C12H22N2O2/c1-12(7-8-13)9-16-11(15)14(12)10-5-3-2-4-6-10/h10H,2-9,13H2,1H3. The lowest BCUT2D eigenvalue weighted by Crippen LogP contribution is -2.51. The molecule has 1 saturated carbocycles. The number of cyclic esters (lactones) is 1. The summed E-state index contributed by atoms with van der Waals surface area (Å²) in [4.78, 5) is 13.8. The van der Waals surface area contributed by atoms with E-state index in [0.717, 1.165) is 19.3 Å². The average Bonchev–Trinajstić information content (AvgIpc) is 2.56. The molecule has 1 unspecified atom stereocenters. The molecule has 1 atom stereocenters. The molecule has 1 amide bonds. The van der Waals surface area contributed by atoms with Crippen LogP contribution >= 0.6 is 0 Å². The van der Waals surface area contributed by atoms with E-state index in [-0.39, 0.29) is 11.6 Å². The minimum Gasteiger partial charge on any atom is -0.447 e. The number of carbonyl (C=O) groups is 1. The summed E-state index contributed by atoms with van der Waals surface area (Å²) in [6.45, 7) is 3.20. The number of rotatable bonds is 3. The highest BCUT2D eigenvalue weighted by Crippen LogP contribution is 2.34. The smallest absolute Gasteiger partial charge is 0.410 e. The van der Waals surface area contributed by atoms with E-state index < -0.39 is 0 Å². The highest BCUT2D eigenvalue weighted by Gasteiger charge is 2.46. The van der Waals surface area contributed by atoms with Gasteiger partial charge < -0.3 is 10.5 Å². The van der Waals surface area contributed by atoms with E-state index in [2.05, 4.69) is 6.92 Å². The van der Waals surface area contributed by atoms with E-state index in [1.54, 1.807) is 0 Å². The van der Waals surface area contributed by atoms with Crippen molar-refractivity contribution in [1.29, 1.82) is 0 Å². The third-order valence-corrected chi connectivity index (χ3v) is 3.91. The van der Waals surface area contributed by atoms with Gasteiger partial charge in [-0.3, -0.25) is 4.90 Å². The Bertz CT molecular complexity index is 264. The predicted octanol–water partition coefficient (Wildman–Crippen LogP) is 1.88. The van der Waals surface area contributed by atoms with Crippen LogP contribution in [0.1, 0.15) is 45.4 Å². The second-order valence-electron chi connectivity index (χ2n) is 5.25. The second kappa shape index (κ2) is 4.62. The van der Waals surface area contributed by atoms with Gasteiger partial charge in [-0.2, -0.15) is 0 Å². The zero-order valence-corrected chi connectivity index (χ0v) is 10.1. The summed E-state index contributed by atoms with van der Waals surface area (Å²) in [7, 11) is 0. The van der Waals surface area contributed by atoms with Gasteiger partial charge in [-0.15, -0.1) is 0 Å². The lowest BCUT2D eigenvalue weighted by molar-refractivity contribution is 0.101. The first-order chi connectivity index (χ1) is 7.67. The fourth-order valence-corrected chi connectivity index (χ4v) is 3.01. The maximum Gasteiger partial charge on any atom is 0.410 e. The molecule has 4 nitrogen and oxygen atoms in total. The van der Waals surface area contributed by atoms with E-state index in [9.17, 15) is 4.79 Å². The van der Waals surface area contributed by atoms with Gasteiger partial charge in [0, 0.05) is 6.04 Å². The molecule has 1 aliphatic heterocycles. The van der Waals surface area contributed by atoms with Crippen LogP contribution < -0.4 is 5.73 Å². The van der Waals surface area contributed by atoms with E-state index in [1.807, 2.05) is 4.90 Å². The van der Waals surface area contributed by atoms with Gasteiger partial charge in [-0.1, -0.05) is 19.3 Å². The lowest BCUT2D eigenvalue weighted by atomic mass is 9.89. The average molecular weight is 226 g/mol. The molecule has 1 aliphatic carbocycles. The van der Waals surface area contributed by atoms with Crippen LogP contribution in [0.2, 0.25) is 0 Å². The van der Waals surface area contributed by atoms with Crippen LogP contribution in [0.15, 0.2) is 0 Å². The van der Waals surface area contributed by atoms with Crippen molar-refractivity contribution in [1.82, 2.24) is 4.90 Å². The Labute approximate surface area is 97.1 Å². The molecule has 0 radical (unpaired) electrons. The zero-order chi connectivity index (χ0) is 11.6. The van der Waals surface area contributed by atoms with E-state index in [1.165, 1.54) is 19.3 Å². The van der Waals surface area contributed by atoms with Crippen LogP contribution in [-0.2, 0) is 4.74 Å². The van der Waals surface area contributed by atoms with Crippen LogP contribution in [0.25, 0.3) is 0 Å². The third-order valence-electron chi connectivity index (χ3n) is 3.91. The summed E-state index contributed by atoms with van der Waals surface area (Å²) in [5, 5.41) is 0. The zero-order valence-electron chi connectivity index (χ0n) is 10.1. The summed E-state index contributed by atoms with van der Waals surface area (Å²) >= 11 is 0. The van der Waals surface area contributed by atoms with Crippen molar-refractivity contribution >= 4 is 6.09 Å². The molecule has 4 heteroatoms. The second-order valence-corrected chi connectivity index (χ2v) is 5.25. The van der Waals surface area contributed by atoms with Crippen molar-refractivity contribution in [3.05, 3.63) is 0 Å². The Morgan fingerprint density at radius 2 is 2.12 bits per heavy atom. The quantitative estimate of drug-likeness (QED) is 0.799. The monoisotopic (exact) mass is 226 g/mol. The Balaban J connectivity index is 2.11. The van der Waals surface area contributed by atoms with Crippen LogP contribution in [0.3, 0.4) is 0 Å². The topological polar surface area (TPSA) is 55.6 Å². The number of amides is 1. The van der Waals surface area contributed by atoms with Crippen molar-refractivity contribution in [2.75, 3.05) is 13.2 Å². The van der Waals surface area contributed by atoms with Crippen molar-refractivity contribution in [3.63, 3.8) is 0 Å². The van der Waals surface area contributed by atoms with Gasteiger partial charge in [0.1, 0.15) is 6.61 Å². The number of hydrogen-bond donors (Lipinski definition) is 1. The van der Waals surface area contributed by atoms with Crippen molar-refractivity contribution < 1.29 is 9.53 Å². The summed E-state index contributed by atoms with van der Waals surface area (Å²) in [5.74, 6) is 0. The number of ether oxygens (including phenoxy) is 1. The van der Waals surface area contributed by atoms with Crippen molar-refractivity contribution in [2.24, 2.45) is 5.73 Å². The Morgan fingerprint density at radius 3 is 2.75 bits per heavy atom. The Hall–Kier alpha value is -0.770. The summed E-state index contributed by atoms with van der Waals surface area (Å²) < 4.78 is 5.22. The van der Waals surface area contributed by atoms with Crippen LogP contribution in [0.5, 0.6) is 0 Å². The normalized spacial score (nSPS) is 31.9. The number of hydrogen-bond acceptors (Lipinski definition) is 3. The maximum atomic E-state index is 11.8. The van der Waals surface area contributed by atoms with Crippen molar-refractivity contribution in [2.45, 2.75) is 57.0 Å². The van der Waals surface area contributed by atoms with E-state index in [0.29, 0.717) is 19.2 Å². The molecule has 2 rings (SSSR count). The largest absolute Gasteiger partial charge is 0.447 e. The molecular weight excluding hydrogens is 204 g/mol. The lowest BCUT2D eigenvalue weighted by Gasteiger charge is -2.39. The number of nitrogens with two attached hydrogens (primary N) is 1. The fraction of sp³-hybridized carbons (Fsp3) is 0.917. The van der Waals surface area contributed by atoms with Gasteiger partial charge in [0.2, 0.25) is 0 Å². The van der Waals surface area contributed by atoms with Gasteiger partial charge in [-0.25, -0.2) is 4.79 Å². The summed E-state index contributed by atoms with van der Waals surface area (Å²) in [6, 6.07) is 0.375. The first kappa shape index (κ1) is 11.7. The van der Waals surface area contributed by atoms with Crippen LogP contribution in [0.4, 0.5) is 4.79 Å². The Kier molecular flexibility index (Phi) is 3.38. The summed E-state index contributed by atoms with van der Waals surface area (Å²) in [6.07, 6.45) is 6.69. The van der Waals surface area contributed by atoms with Gasteiger partial charge in [0.25, 0.3) is 0 Å². The SMILES string of the molecule is CC1(CCN)COC(=O)N1C1CCCCC1. The minimum atomic E-state index is -0.173. The molecule has 0 aromatic rings. The highest BCUT2D eigenvalue weighted by molar-refractivity contribution is 5.71. The summed E-state index contributed by atoms with van der Waals surface area (Å²) in [5.41, 5.74) is 5.46. The third kappa shape index (κ3) is 2.03. The molecule has 16 heavy (non-hydrogen) atoms. The van der Waals surface area contributed by atoms with E-state index >= 15 is 0 Å². The molecule has 0 aromatic carbocycles. The van der Waals surface area contributed by atoms with Gasteiger partial charge in [0.15, 0.2) is 0 Å². The first-order valence-electron chi connectivity index (χ1n) is 6.33. The van der Waals surface area contributed by atoms with Crippen molar-refractivity contribution in [3.8, 4) is 0 Å². The van der Waals surface area contributed by atoms with Gasteiger partial charge in [-0.05, 0) is 32.7 Å². The fourth-order valence-electron chi connectivity index (χ4n) is 3.01. The predicted molar refractivity (Wildman–Crippen MR) is 62.1 cm³/mol. The van der Waals surface area contributed by atoms with Gasteiger partial charge >= 0.3 is 6.09 Å². The molecule has 1 saturated heterocycles. The molecule has 92 valence electrons. The highest BCUT2D eigenvalue weighted by atomic mass is 16.6. The van der Waals surface area contributed by atoms with E-state index in [4.69, 9.17) is 10.5 Å². The minimum absolute atomic E-state index is 0.136. The molecule has 0 aromatic heterocycles. The molecule has 1 heterocycles.